The van der Waals surface area contributed by atoms with E-state index in [-0.39, 0.29) is 61.4 Å². The summed E-state index contributed by atoms with van der Waals surface area (Å²) in [7, 11) is 0. The van der Waals surface area contributed by atoms with Gasteiger partial charge in [-0.3, -0.25) is 4.79 Å². The number of aliphatic hydroxyl groups is 1. The molecule has 1 atom stereocenters. The molecule has 1 aliphatic carbocycles. The van der Waals surface area contributed by atoms with Crippen molar-refractivity contribution in [3.63, 3.8) is 0 Å². The van der Waals surface area contributed by atoms with Gasteiger partial charge in [0.2, 0.25) is 16.7 Å². The molecule has 3 aromatic heterocycles. The molecule has 2 fully saturated rings. The number of hydrogen-bond acceptors (Lipinski definition) is 9. The number of anilines is 1. The van der Waals surface area contributed by atoms with Crippen molar-refractivity contribution in [2.45, 2.75) is 56.5 Å². The van der Waals surface area contributed by atoms with Gasteiger partial charge < -0.3 is 14.9 Å². The predicted octanol–water partition coefficient (Wildman–Crippen LogP) is 3.60. The zero-order chi connectivity index (χ0) is 28.7. The fraction of sp³-hybridized carbons (Fsp3) is 0.565. The molecule has 0 spiro atoms. The van der Waals surface area contributed by atoms with Crippen molar-refractivity contribution in [3.05, 3.63) is 35.4 Å². The van der Waals surface area contributed by atoms with Crippen LogP contribution in [0.5, 0.6) is 0 Å². The van der Waals surface area contributed by atoms with Gasteiger partial charge in [0.15, 0.2) is 5.82 Å². The SMILES string of the molecule is O=C(Cn1cnc(C2CCC2)n1)N1CCN(c2sc(C(F)(F)F)nc2-c2cnc(C(F)(F)F)nc2)C[C@H]1CCO. The highest BCUT2D eigenvalue weighted by Crippen LogP contribution is 2.43. The van der Waals surface area contributed by atoms with Crippen molar-refractivity contribution in [1.82, 2.24) is 34.6 Å². The maximum Gasteiger partial charge on any atom is 0.451 e. The number of rotatable bonds is 7. The molecule has 5 rings (SSSR count). The van der Waals surface area contributed by atoms with Gasteiger partial charge in [-0.2, -0.15) is 31.4 Å². The second kappa shape index (κ2) is 10.9. The van der Waals surface area contributed by atoms with Gasteiger partial charge in [-0.05, 0) is 19.3 Å². The second-order valence-corrected chi connectivity index (χ2v) is 10.6. The number of alkyl halides is 6. The van der Waals surface area contributed by atoms with Gasteiger partial charge in [-0.25, -0.2) is 24.6 Å². The summed E-state index contributed by atoms with van der Waals surface area (Å²) in [4.78, 5) is 30.8. The lowest BCUT2D eigenvalue weighted by molar-refractivity contribution is -0.145. The Morgan fingerprint density at radius 2 is 1.77 bits per heavy atom. The molecule has 40 heavy (non-hydrogen) atoms. The standard InChI is InChI=1S/C23H24F6N8O2S/c24-22(25,26)20-30-8-14(9-31-20)17-19(40-21(33-17)23(27,28)29)35-5-6-37(15(10-35)4-7-38)16(39)11-36-12-32-18(34-36)13-2-1-3-13/h8-9,12-13,15,38H,1-7,10-11H2/t15-/m1/s1. The maximum absolute atomic E-state index is 13.6. The number of amides is 1. The van der Waals surface area contributed by atoms with E-state index >= 15 is 0 Å². The molecule has 0 unspecified atom stereocenters. The first kappa shape index (κ1) is 28.2. The Hall–Kier alpha value is -3.34. The van der Waals surface area contributed by atoms with Crippen LogP contribution < -0.4 is 4.90 Å². The Morgan fingerprint density at radius 1 is 1.05 bits per heavy atom. The Kier molecular flexibility index (Phi) is 7.69. The van der Waals surface area contributed by atoms with Crippen LogP contribution in [0.3, 0.4) is 0 Å². The van der Waals surface area contributed by atoms with E-state index < -0.39 is 29.2 Å². The first-order valence-electron chi connectivity index (χ1n) is 12.5. The third kappa shape index (κ3) is 5.89. The van der Waals surface area contributed by atoms with Crippen LogP contribution in [-0.4, -0.2) is 77.9 Å². The Morgan fingerprint density at radius 3 is 2.38 bits per heavy atom. The normalized spacial score (nSPS) is 18.7. The highest BCUT2D eigenvalue weighted by Gasteiger charge is 2.40. The van der Waals surface area contributed by atoms with E-state index in [9.17, 15) is 36.2 Å². The summed E-state index contributed by atoms with van der Waals surface area (Å²) in [6.45, 7) is -0.00468. The number of nitrogens with zero attached hydrogens (tertiary/aromatic N) is 8. The van der Waals surface area contributed by atoms with Crippen LogP contribution in [0.25, 0.3) is 11.3 Å². The van der Waals surface area contributed by atoms with Gasteiger partial charge in [0.1, 0.15) is 23.6 Å². The molecule has 2 aliphatic rings. The van der Waals surface area contributed by atoms with E-state index in [1.807, 2.05) is 0 Å². The van der Waals surface area contributed by atoms with Crippen LogP contribution in [0.15, 0.2) is 18.7 Å². The largest absolute Gasteiger partial charge is 0.451 e. The first-order valence-corrected chi connectivity index (χ1v) is 13.3. The fourth-order valence-corrected chi connectivity index (χ4v) is 5.66. The van der Waals surface area contributed by atoms with Gasteiger partial charge in [0.05, 0.1) is 6.04 Å². The van der Waals surface area contributed by atoms with Crippen LogP contribution >= 0.6 is 11.3 Å². The van der Waals surface area contributed by atoms with Gasteiger partial charge in [-0.1, -0.05) is 17.8 Å². The summed E-state index contributed by atoms with van der Waals surface area (Å²) >= 11 is 0.347. The molecule has 10 nitrogen and oxygen atoms in total. The van der Waals surface area contributed by atoms with Gasteiger partial charge in [0.25, 0.3) is 0 Å². The lowest BCUT2D eigenvalue weighted by Crippen LogP contribution is -2.56. The number of halogens is 6. The molecule has 0 bridgehead atoms. The van der Waals surface area contributed by atoms with Crippen LogP contribution in [0.4, 0.5) is 31.3 Å². The first-order chi connectivity index (χ1) is 18.9. The summed E-state index contributed by atoms with van der Waals surface area (Å²) in [5.41, 5.74) is -0.319. The smallest absolute Gasteiger partial charge is 0.396 e. The zero-order valence-corrected chi connectivity index (χ0v) is 21.7. The van der Waals surface area contributed by atoms with Gasteiger partial charge in [0, 0.05) is 50.1 Å². The summed E-state index contributed by atoms with van der Waals surface area (Å²) in [6.07, 6.45) is -3.24. The lowest BCUT2D eigenvalue weighted by Gasteiger charge is -2.42. The third-order valence-corrected chi connectivity index (χ3v) is 8.07. The van der Waals surface area contributed by atoms with Crippen LogP contribution in [0.1, 0.15) is 48.3 Å². The molecule has 216 valence electrons. The van der Waals surface area contributed by atoms with Gasteiger partial charge in [-0.15, -0.1) is 0 Å². The lowest BCUT2D eigenvalue weighted by atomic mass is 9.85. The number of hydrogen-bond donors (Lipinski definition) is 1. The van der Waals surface area contributed by atoms with E-state index in [4.69, 9.17) is 0 Å². The van der Waals surface area contributed by atoms with Crippen molar-refractivity contribution in [3.8, 4) is 11.3 Å². The molecule has 3 aromatic rings. The monoisotopic (exact) mass is 590 g/mol. The second-order valence-electron chi connectivity index (χ2n) is 9.59. The minimum atomic E-state index is -4.81. The molecule has 1 saturated heterocycles. The fourth-order valence-electron chi connectivity index (χ4n) is 4.66. The molecular formula is C23H24F6N8O2S. The van der Waals surface area contributed by atoms with Crippen molar-refractivity contribution >= 4 is 22.2 Å². The summed E-state index contributed by atoms with van der Waals surface area (Å²) in [5.74, 6) is -0.709. The van der Waals surface area contributed by atoms with E-state index in [2.05, 4.69) is 25.0 Å². The predicted molar refractivity (Wildman–Crippen MR) is 129 cm³/mol. The number of carbonyl (C=O) groups excluding carboxylic acids is 1. The summed E-state index contributed by atoms with van der Waals surface area (Å²) in [6, 6.07) is -0.547. The molecule has 17 heteroatoms. The number of aliphatic hydroxyl groups excluding tert-OH is 1. The van der Waals surface area contributed by atoms with Crippen molar-refractivity contribution in [1.29, 1.82) is 0 Å². The van der Waals surface area contributed by atoms with E-state index in [1.54, 1.807) is 9.80 Å². The molecule has 1 aliphatic heterocycles. The van der Waals surface area contributed by atoms with E-state index in [1.165, 1.54) is 11.0 Å². The Bertz CT molecular complexity index is 1340. The highest BCUT2D eigenvalue weighted by molar-refractivity contribution is 7.16. The minimum absolute atomic E-state index is 0.0622. The highest BCUT2D eigenvalue weighted by atomic mass is 32.1. The average molecular weight is 591 g/mol. The average Bonchev–Trinajstić information content (AvgIpc) is 3.50. The molecular weight excluding hydrogens is 566 g/mol. The van der Waals surface area contributed by atoms with Crippen molar-refractivity contribution in [2.75, 3.05) is 31.1 Å². The third-order valence-electron chi connectivity index (χ3n) is 6.90. The van der Waals surface area contributed by atoms with Gasteiger partial charge >= 0.3 is 12.4 Å². The minimum Gasteiger partial charge on any atom is -0.396 e. The van der Waals surface area contributed by atoms with E-state index in [0.717, 1.165) is 31.7 Å². The molecule has 0 aromatic carbocycles. The number of aromatic nitrogens is 6. The molecule has 1 N–H and O–H groups in total. The molecule has 1 saturated carbocycles. The maximum atomic E-state index is 13.6. The molecule has 0 radical (unpaired) electrons. The van der Waals surface area contributed by atoms with Crippen molar-refractivity contribution < 1.29 is 36.2 Å². The van der Waals surface area contributed by atoms with E-state index in [0.29, 0.717) is 23.1 Å². The number of thiazole rings is 1. The van der Waals surface area contributed by atoms with Crippen LogP contribution in [0, 0.1) is 0 Å². The zero-order valence-electron chi connectivity index (χ0n) is 20.9. The summed E-state index contributed by atoms with van der Waals surface area (Å²) in [5, 5.41) is 12.9. The Labute approximate surface area is 227 Å². The van der Waals surface area contributed by atoms with Crippen LogP contribution in [0.2, 0.25) is 0 Å². The number of piperazine rings is 1. The molecule has 1 amide bonds. The molecule has 4 heterocycles. The Balaban J connectivity index is 1.37. The van der Waals surface area contributed by atoms with Crippen molar-refractivity contribution in [2.24, 2.45) is 0 Å². The topological polar surface area (TPSA) is 113 Å². The van der Waals surface area contributed by atoms with Crippen LogP contribution in [-0.2, 0) is 23.7 Å². The quantitative estimate of drug-likeness (QED) is 0.416. The summed E-state index contributed by atoms with van der Waals surface area (Å²) < 4.78 is 80.9. The number of carbonyl (C=O) groups is 1.